The van der Waals surface area contributed by atoms with Crippen LogP contribution in [0.5, 0.6) is 0 Å². The number of nitrogens with zero attached hydrogens (tertiary/aromatic N) is 4. The molecule has 0 aliphatic heterocycles. The summed E-state index contributed by atoms with van der Waals surface area (Å²) in [4.78, 5) is 14.7. The Labute approximate surface area is 132 Å². The third-order valence-electron chi connectivity index (χ3n) is 3.43. The number of halogens is 1. The molecular formula is C14H26ClN5O. The fraction of sp³-hybridized carbons (Fsp3) is 0.786. The van der Waals surface area contributed by atoms with Crippen molar-refractivity contribution in [3.63, 3.8) is 0 Å². The third kappa shape index (κ3) is 6.01. The van der Waals surface area contributed by atoms with E-state index < -0.39 is 0 Å². The molecule has 21 heavy (non-hydrogen) atoms. The lowest BCUT2D eigenvalue weighted by atomic mass is 10.0. The normalized spacial score (nSPS) is 12.2. The molecule has 1 atom stereocenters. The molecule has 0 amide bonds. The summed E-state index contributed by atoms with van der Waals surface area (Å²) in [5.74, 6) is 1.50. The number of aromatic nitrogens is 3. The molecule has 0 radical (unpaired) electrons. The lowest BCUT2D eigenvalue weighted by molar-refractivity contribution is 0.255. The van der Waals surface area contributed by atoms with Crippen LogP contribution in [-0.4, -0.2) is 46.3 Å². The highest BCUT2D eigenvalue weighted by molar-refractivity contribution is 6.28. The average molecular weight is 316 g/mol. The molecule has 6 nitrogen and oxygen atoms in total. The van der Waals surface area contributed by atoms with Gasteiger partial charge in [-0.2, -0.15) is 15.0 Å². The number of nitrogens with one attached hydrogen (secondary N) is 1. The molecule has 0 saturated heterocycles. The van der Waals surface area contributed by atoms with Crippen molar-refractivity contribution in [1.82, 2.24) is 15.0 Å². The molecule has 2 N–H and O–H groups in total. The first-order valence-corrected chi connectivity index (χ1v) is 8.03. The smallest absolute Gasteiger partial charge is 0.231 e. The molecule has 1 rings (SSSR count). The van der Waals surface area contributed by atoms with Crippen LogP contribution in [0, 0.1) is 5.92 Å². The first kappa shape index (κ1) is 17.9. The second-order valence-corrected chi connectivity index (χ2v) is 5.29. The van der Waals surface area contributed by atoms with E-state index >= 15 is 0 Å². The quantitative estimate of drug-likeness (QED) is 0.691. The van der Waals surface area contributed by atoms with Crippen molar-refractivity contribution in [2.24, 2.45) is 5.92 Å². The average Bonchev–Trinajstić information content (AvgIpc) is 2.46. The van der Waals surface area contributed by atoms with Crippen molar-refractivity contribution < 1.29 is 5.11 Å². The first-order valence-electron chi connectivity index (χ1n) is 7.65. The maximum atomic E-state index is 9.09. The molecule has 120 valence electrons. The van der Waals surface area contributed by atoms with Gasteiger partial charge < -0.3 is 15.3 Å². The number of hydrogen-bond acceptors (Lipinski definition) is 6. The number of aliphatic hydroxyl groups excluding tert-OH is 1. The fourth-order valence-corrected chi connectivity index (χ4v) is 2.40. The topological polar surface area (TPSA) is 74.2 Å². The van der Waals surface area contributed by atoms with Crippen LogP contribution in [0.3, 0.4) is 0 Å². The van der Waals surface area contributed by atoms with Crippen molar-refractivity contribution in [1.29, 1.82) is 0 Å². The van der Waals surface area contributed by atoms with E-state index in [9.17, 15) is 0 Å². The van der Waals surface area contributed by atoms with Crippen LogP contribution in [0.1, 0.15) is 40.0 Å². The van der Waals surface area contributed by atoms with E-state index in [2.05, 4.69) is 27.2 Å². The Balaban J connectivity index is 2.73. The SMILES string of the molecule is CCCC(CCO)CNc1nc(Cl)nc(N(CC)CC)n1. The van der Waals surface area contributed by atoms with E-state index in [0.29, 0.717) is 17.8 Å². The Bertz CT molecular complexity index is 408. The van der Waals surface area contributed by atoms with Crippen LogP contribution in [0.15, 0.2) is 0 Å². The summed E-state index contributed by atoms with van der Waals surface area (Å²) in [7, 11) is 0. The molecule has 1 aromatic heterocycles. The molecule has 1 heterocycles. The third-order valence-corrected chi connectivity index (χ3v) is 3.59. The standard InChI is InChI=1S/C14H26ClN5O/c1-4-7-11(8-9-21)10-16-13-17-12(15)18-14(19-13)20(5-2)6-3/h11,21H,4-10H2,1-3H3,(H,16,17,18,19). The minimum absolute atomic E-state index is 0.198. The molecule has 0 spiro atoms. The maximum Gasteiger partial charge on any atom is 0.231 e. The van der Waals surface area contributed by atoms with E-state index in [4.69, 9.17) is 16.7 Å². The predicted molar refractivity (Wildman–Crippen MR) is 87.0 cm³/mol. The summed E-state index contributed by atoms with van der Waals surface area (Å²) in [6, 6.07) is 0. The molecule has 0 aliphatic carbocycles. The van der Waals surface area contributed by atoms with E-state index in [-0.39, 0.29) is 11.9 Å². The number of aliphatic hydroxyl groups is 1. The Morgan fingerprint density at radius 2 is 1.86 bits per heavy atom. The zero-order valence-electron chi connectivity index (χ0n) is 13.1. The molecule has 0 aliphatic rings. The Morgan fingerprint density at radius 3 is 2.43 bits per heavy atom. The fourth-order valence-electron chi connectivity index (χ4n) is 2.24. The lowest BCUT2D eigenvalue weighted by Crippen LogP contribution is -2.25. The minimum atomic E-state index is 0.198. The first-order chi connectivity index (χ1) is 10.1. The Hall–Kier alpha value is -1.14. The van der Waals surface area contributed by atoms with Crippen LogP contribution in [0.25, 0.3) is 0 Å². The summed E-state index contributed by atoms with van der Waals surface area (Å²) in [6.45, 7) is 8.81. The highest BCUT2D eigenvalue weighted by Gasteiger charge is 2.12. The van der Waals surface area contributed by atoms with Gasteiger partial charge in [0, 0.05) is 26.2 Å². The second kappa shape index (κ2) is 9.73. The van der Waals surface area contributed by atoms with Gasteiger partial charge in [0.25, 0.3) is 0 Å². The molecular weight excluding hydrogens is 290 g/mol. The highest BCUT2D eigenvalue weighted by atomic mass is 35.5. The summed E-state index contributed by atoms with van der Waals surface area (Å²) in [5, 5.41) is 12.5. The van der Waals surface area contributed by atoms with Crippen LogP contribution >= 0.6 is 11.6 Å². The van der Waals surface area contributed by atoms with Gasteiger partial charge in [0.15, 0.2) is 0 Å². The van der Waals surface area contributed by atoms with Gasteiger partial charge in [0.1, 0.15) is 0 Å². The number of rotatable bonds is 10. The number of anilines is 2. The highest BCUT2D eigenvalue weighted by Crippen LogP contribution is 2.15. The van der Waals surface area contributed by atoms with E-state index in [1.807, 2.05) is 18.7 Å². The van der Waals surface area contributed by atoms with Crippen LogP contribution in [-0.2, 0) is 0 Å². The van der Waals surface area contributed by atoms with E-state index in [1.54, 1.807) is 0 Å². The largest absolute Gasteiger partial charge is 0.396 e. The predicted octanol–water partition coefficient (Wildman–Crippen LogP) is 2.58. The summed E-state index contributed by atoms with van der Waals surface area (Å²) in [6.07, 6.45) is 2.94. The van der Waals surface area contributed by atoms with Gasteiger partial charge in [-0.3, -0.25) is 0 Å². The van der Waals surface area contributed by atoms with Gasteiger partial charge in [0.2, 0.25) is 17.2 Å². The van der Waals surface area contributed by atoms with Gasteiger partial charge in [0.05, 0.1) is 0 Å². The van der Waals surface area contributed by atoms with Crippen LogP contribution in [0.2, 0.25) is 5.28 Å². The van der Waals surface area contributed by atoms with Crippen molar-refractivity contribution in [3.05, 3.63) is 5.28 Å². The minimum Gasteiger partial charge on any atom is -0.396 e. The summed E-state index contributed by atoms with van der Waals surface area (Å²) < 4.78 is 0. The van der Waals surface area contributed by atoms with Crippen molar-refractivity contribution >= 4 is 23.5 Å². The molecule has 0 bridgehead atoms. The molecule has 1 unspecified atom stereocenters. The Kier molecular flexibility index (Phi) is 8.30. The molecule has 1 aromatic rings. The maximum absolute atomic E-state index is 9.09. The zero-order valence-corrected chi connectivity index (χ0v) is 13.9. The van der Waals surface area contributed by atoms with Gasteiger partial charge in [-0.1, -0.05) is 13.3 Å². The molecule has 0 aromatic carbocycles. The van der Waals surface area contributed by atoms with Gasteiger partial charge in [-0.15, -0.1) is 0 Å². The molecule has 0 saturated carbocycles. The van der Waals surface area contributed by atoms with E-state index in [1.165, 1.54) is 0 Å². The second-order valence-electron chi connectivity index (χ2n) is 4.95. The Morgan fingerprint density at radius 1 is 1.14 bits per heavy atom. The van der Waals surface area contributed by atoms with E-state index in [0.717, 1.165) is 38.9 Å². The van der Waals surface area contributed by atoms with Crippen molar-refractivity contribution in [3.8, 4) is 0 Å². The summed E-state index contributed by atoms with van der Waals surface area (Å²) in [5.41, 5.74) is 0. The van der Waals surface area contributed by atoms with Gasteiger partial charge in [-0.05, 0) is 44.2 Å². The zero-order chi connectivity index (χ0) is 15.7. The molecule has 7 heteroatoms. The summed E-state index contributed by atoms with van der Waals surface area (Å²) >= 11 is 5.98. The number of hydrogen-bond donors (Lipinski definition) is 2. The van der Waals surface area contributed by atoms with Crippen molar-refractivity contribution in [2.45, 2.75) is 40.0 Å². The van der Waals surface area contributed by atoms with Crippen LogP contribution < -0.4 is 10.2 Å². The molecule has 0 fully saturated rings. The monoisotopic (exact) mass is 315 g/mol. The lowest BCUT2D eigenvalue weighted by Gasteiger charge is -2.20. The van der Waals surface area contributed by atoms with Crippen LogP contribution in [0.4, 0.5) is 11.9 Å². The van der Waals surface area contributed by atoms with Crippen molar-refractivity contribution in [2.75, 3.05) is 36.5 Å². The van der Waals surface area contributed by atoms with Gasteiger partial charge in [-0.25, -0.2) is 0 Å². The van der Waals surface area contributed by atoms with Gasteiger partial charge >= 0.3 is 0 Å².